The van der Waals surface area contributed by atoms with Crippen molar-refractivity contribution < 1.29 is 9.59 Å². The van der Waals surface area contributed by atoms with E-state index >= 15 is 0 Å². The number of carbonyl (C=O) groups excluding carboxylic acids is 2. The summed E-state index contributed by atoms with van der Waals surface area (Å²) in [5.74, 6) is 0. The van der Waals surface area contributed by atoms with Crippen LogP contribution in [0, 0.1) is 0 Å². The summed E-state index contributed by atoms with van der Waals surface area (Å²) in [7, 11) is 3.56. The van der Waals surface area contributed by atoms with Crippen LogP contribution in [0.25, 0.3) is 0 Å². The molecule has 0 atom stereocenters. The Morgan fingerprint density at radius 1 is 1.23 bits per heavy atom. The van der Waals surface area contributed by atoms with Crippen molar-refractivity contribution in [3.8, 4) is 0 Å². The van der Waals surface area contributed by atoms with Crippen molar-refractivity contribution in [2.75, 3.05) is 40.3 Å². The molecule has 2 amide bonds. The maximum Gasteiger partial charge on any atom is 0.321 e. The minimum Gasteiger partial charge on any atom is -0.374 e. The van der Waals surface area contributed by atoms with Gasteiger partial charge < -0.3 is 20.3 Å². The number of aldehydes is 1. The van der Waals surface area contributed by atoms with Crippen LogP contribution >= 0.6 is 0 Å². The molecule has 0 aromatic heterocycles. The number of likely N-dealkylation sites (N-methyl/N-ethyl adjacent to an activating group) is 2. The molecule has 6 nitrogen and oxygen atoms in total. The van der Waals surface area contributed by atoms with Gasteiger partial charge in [0.15, 0.2) is 0 Å². The first-order valence-corrected chi connectivity index (χ1v) is 7.90. The Kier molecular flexibility index (Phi) is 8.28. The average Bonchev–Trinajstić information content (AvgIpc) is 2.56. The molecule has 1 rings (SSSR count). The lowest BCUT2D eigenvalue weighted by atomic mass is 10.1. The third-order valence-electron chi connectivity index (χ3n) is 3.80. The number of urea groups is 1. The van der Waals surface area contributed by atoms with E-state index in [4.69, 9.17) is 0 Å². The molecule has 22 heavy (non-hydrogen) atoms. The Hall–Kier alpha value is -1.82. The molecule has 124 valence electrons. The summed E-state index contributed by atoms with van der Waals surface area (Å²) in [6.07, 6.45) is 7.02. The van der Waals surface area contributed by atoms with E-state index in [0.29, 0.717) is 13.0 Å². The molecule has 2 N–H and O–H groups in total. The molecule has 1 aliphatic carbocycles. The van der Waals surface area contributed by atoms with Gasteiger partial charge >= 0.3 is 6.03 Å². The predicted octanol–water partition coefficient (Wildman–Crippen LogP) is 1.32. The Balaban J connectivity index is 2.80. The molecule has 0 aromatic carbocycles. The number of nitrogens with zero attached hydrogens (tertiary/aromatic N) is 2. The number of hydrogen-bond acceptors (Lipinski definition) is 4. The van der Waals surface area contributed by atoms with E-state index < -0.39 is 0 Å². The van der Waals surface area contributed by atoms with Crippen molar-refractivity contribution in [2.24, 2.45) is 0 Å². The topological polar surface area (TPSA) is 64.7 Å². The zero-order valence-corrected chi connectivity index (χ0v) is 13.9. The van der Waals surface area contributed by atoms with E-state index in [1.165, 1.54) is 5.70 Å². The molecule has 6 heteroatoms. The number of allylic oxidation sites excluding steroid dienone is 4. The minimum absolute atomic E-state index is 0.160. The van der Waals surface area contributed by atoms with Crippen molar-refractivity contribution in [3.05, 3.63) is 23.5 Å². The largest absolute Gasteiger partial charge is 0.374 e. The van der Waals surface area contributed by atoms with Crippen molar-refractivity contribution in [2.45, 2.75) is 26.2 Å². The van der Waals surface area contributed by atoms with Crippen molar-refractivity contribution >= 4 is 12.3 Å². The van der Waals surface area contributed by atoms with Gasteiger partial charge in [0.1, 0.15) is 6.29 Å². The van der Waals surface area contributed by atoms with Gasteiger partial charge in [0.05, 0.1) is 0 Å². The molecule has 0 saturated heterocycles. The van der Waals surface area contributed by atoms with Crippen LogP contribution < -0.4 is 10.6 Å². The molecule has 0 aliphatic heterocycles. The molecule has 0 aromatic rings. The second-order valence-corrected chi connectivity index (χ2v) is 5.16. The third-order valence-corrected chi connectivity index (χ3v) is 3.80. The predicted molar refractivity (Wildman–Crippen MR) is 88.4 cm³/mol. The van der Waals surface area contributed by atoms with E-state index in [1.807, 2.05) is 13.1 Å². The van der Waals surface area contributed by atoms with Gasteiger partial charge in [-0.25, -0.2) is 4.79 Å². The van der Waals surface area contributed by atoms with Gasteiger partial charge in [0.25, 0.3) is 0 Å². The smallest absolute Gasteiger partial charge is 0.321 e. The van der Waals surface area contributed by atoms with Crippen LogP contribution in [0.1, 0.15) is 26.2 Å². The van der Waals surface area contributed by atoms with Gasteiger partial charge in [-0.05, 0) is 39.0 Å². The molecule has 1 aliphatic rings. The van der Waals surface area contributed by atoms with Crippen LogP contribution in [0.5, 0.6) is 0 Å². The summed E-state index contributed by atoms with van der Waals surface area (Å²) < 4.78 is 0. The number of carbonyl (C=O) groups is 2. The summed E-state index contributed by atoms with van der Waals surface area (Å²) in [6.45, 7) is 5.48. The molecule has 0 heterocycles. The van der Waals surface area contributed by atoms with Gasteiger partial charge in [-0.1, -0.05) is 0 Å². The highest BCUT2D eigenvalue weighted by Crippen LogP contribution is 2.23. The van der Waals surface area contributed by atoms with Crippen LogP contribution in [0.3, 0.4) is 0 Å². The van der Waals surface area contributed by atoms with E-state index in [1.54, 1.807) is 11.9 Å². The summed E-state index contributed by atoms with van der Waals surface area (Å²) in [5, 5.41) is 5.80. The van der Waals surface area contributed by atoms with Crippen LogP contribution in [-0.4, -0.2) is 62.4 Å². The molecular weight excluding hydrogens is 280 g/mol. The second-order valence-electron chi connectivity index (χ2n) is 5.16. The van der Waals surface area contributed by atoms with Crippen LogP contribution in [0.2, 0.25) is 0 Å². The Morgan fingerprint density at radius 3 is 2.41 bits per heavy atom. The Bertz CT molecular complexity index is 432. The van der Waals surface area contributed by atoms with Crippen LogP contribution in [0.15, 0.2) is 23.5 Å². The van der Waals surface area contributed by atoms with Crippen molar-refractivity contribution in [1.82, 2.24) is 20.4 Å². The van der Waals surface area contributed by atoms with Crippen LogP contribution in [-0.2, 0) is 4.79 Å². The average molecular weight is 308 g/mol. The fourth-order valence-electron chi connectivity index (χ4n) is 2.55. The maximum atomic E-state index is 11.9. The minimum atomic E-state index is -0.160. The van der Waals surface area contributed by atoms with Crippen molar-refractivity contribution in [1.29, 1.82) is 0 Å². The van der Waals surface area contributed by atoms with E-state index in [2.05, 4.69) is 28.5 Å². The SMILES string of the molecule is CCN(CCNC)C1=CC=C(N(CCC=O)C(=O)NC)CC1. The fourth-order valence-corrected chi connectivity index (χ4v) is 2.55. The molecule has 0 fully saturated rings. The summed E-state index contributed by atoms with van der Waals surface area (Å²) in [6, 6.07) is -0.160. The number of hydrogen-bond donors (Lipinski definition) is 2. The number of nitrogens with one attached hydrogen (secondary N) is 2. The molecule has 0 unspecified atom stereocenters. The zero-order chi connectivity index (χ0) is 16.4. The lowest BCUT2D eigenvalue weighted by Crippen LogP contribution is -2.39. The fraction of sp³-hybridized carbons (Fsp3) is 0.625. The Morgan fingerprint density at radius 2 is 1.91 bits per heavy atom. The highest BCUT2D eigenvalue weighted by Gasteiger charge is 2.19. The van der Waals surface area contributed by atoms with Gasteiger partial charge in [-0.15, -0.1) is 0 Å². The summed E-state index contributed by atoms with van der Waals surface area (Å²) >= 11 is 0. The van der Waals surface area contributed by atoms with E-state index in [9.17, 15) is 9.59 Å². The van der Waals surface area contributed by atoms with Gasteiger partial charge in [-0.3, -0.25) is 4.90 Å². The monoisotopic (exact) mass is 308 g/mol. The molecular formula is C16H28N4O2. The zero-order valence-electron chi connectivity index (χ0n) is 13.9. The van der Waals surface area contributed by atoms with Crippen LogP contribution in [0.4, 0.5) is 4.79 Å². The van der Waals surface area contributed by atoms with E-state index in [-0.39, 0.29) is 6.03 Å². The lowest BCUT2D eigenvalue weighted by molar-refractivity contribution is -0.107. The standard InChI is InChI=1S/C16H28N4O2/c1-4-19(12-10-17-2)14-6-8-15(9-7-14)20(11-5-13-21)16(22)18-3/h6,8,13,17H,4-5,7,9-12H2,1-3H3,(H,18,22). The van der Waals surface area contributed by atoms with E-state index in [0.717, 1.165) is 44.5 Å². The quantitative estimate of drug-likeness (QED) is 0.631. The summed E-state index contributed by atoms with van der Waals surface area (Å²) in [4.78, 5) is 26.5. The lowest BCUT2D eigenvalue weighted by Gasteiger charge is -2.31. The highest BCUT2D eigenvalue weighted by atomic mass is 16.2. The second kappa shape index (κ2) is 10.00. The molecule has 0 bridgehead atoms. The Labute approximate surface area is 133 Å². The van der Waals surface area contributed by atoms with Gasteiger partial charge in [0.2, 0.25) is 0 Å². The third kappa shape index (κ3) is 5.18. The molecule has 0 spiro atoms. The first kappa shape index (κ1) is 18.2. The maximum absolute atomic E-state index is 11.9. The van der Waals surface area contributed by atoms with Crippen molar-refractivity contribution in [3.63, 3.8) is 0 Å². The molecule has 0 radical (unpaired) electrons. The first-order valence-electron chi connectivity index (χ1n) is 7.90. The highest BCUT2D eigenvalue weighted by molar-refractivity contribution is 5.76. The number of amides is 2. The van der Waals surface area contributed by atoms with Gasteiger partial charge in [0, 0.05) is 51.0 Å². The summed E-state index contributed by atoms with van der Waals surface area (Å²) in [5.41, 5.74) is 2.27. The molecule has 0 saturated carbocycles. The first-order chi connectivity index (χ1) is 10.7. The van der Waals surface area contributed by atoms with Gasteiger partial charge in [-0.2, -0.15) is 0 Å². The normalized spacial score (nSPS) is 14.0. The number of rotatable bonds is 9.